The molecule has 0 fully saturated rings. The second-order valence-electron chi connectivity index (χ2n) is 4.46. The molecule has 2 amide bonds. The van der Waals surface area contributed by atoms with Gasteiger partial charge in [0.25, 0.3) is 0 Å². The van der Waals surface area contributed by atoms with Crippen molar-refractivity contribution in [3.8, 4) is 0 Å². The van der Waals surface area contributed by atoms with Crippen molar-refractivity contribution in [2.75, 3.05) is 19.8 Å². The summed E-state index contributed by atoms with van der Waals surface area (Å²) in [7, 11) is 1.92. The first kappa shape index (κ1) is 17.1. The average Bonchev–Trinajstić information content (AvgIpc) is 2.72. The van der Waals surface area contributed by atoms with Crippen molar-refractivity contribution >= 4 is 45.6 Å². The molecule has 1 rings (SSSR count). The Labute approximate surface area is 129 Å². The van der Waals surface area contributed by atoms with Crippen molar-refractivity contribution < 1.29 is 13.8 Å². The number of amides is 2. The highest BCUT2D eigenvalue weighted by molar-refractivity contribution is 7.85. The molecule has 0 spiro atoms. The molecular weight excluding hydrogens is 320 g/mol. The SMILES string of the molecule is C[C@@H](NC(=O)C[S@](=O)Cc1ccc(Cl)s1)C(=O)N(C)C. The normalized spacial score (nSPS) is 13.6. The summed E-state index contributed by atoms with van der Waals surface area (Å²) < 4.78 is 12.5. The number of halogens is 1. The van der Waals surface area contributed by atoms with Crippen LogP contribution in [0.5, 0.6) is 0 Å². The van der Waals surface area contributed by atoms with Gasteiger partial charge in [0.1, 0.15) is 11.8 Å². The molecule has 0 saturated carbocycles. The van der Waals surface area contributed by atoms with Crippen LogP contribution in [0.15, 0.2) is 12.1 Å². The minimum Gasteiger partial charge on any atom is -0.347 e. The summed E-state index contributed by atoms with van der Waals surface area (Å²) in [6.45, 7) is 1.60. The Morgan fingerprint density at radius 3 is 2.60 bits per heavy atom. The van der Waals surface area contributed by atoms with Crippen molar-refractivity contribution in [2.24, 2.45) is 0 Å². The van der Waals surface area contributed by atoms with Crippen molar-refractivity contribution in [3.05, 3.63) is 21.3 Å². The predicted octanol–water partition coefficient (Wildman–Crippen LogP) is 1.24. The van der Waals surface area contributed by atoms with Crippen molar-refractivity contribution in [1.82, 2.24) is 10.2 Å². The number of carbonyl (C=O) groups is 2. The third-order valence-electron chi connectivity index (χ3n) is 2.41. The van der Waals surface area contributed by atoms with E-state index in [-0.39, 0.29) is 11.7 Å². The van der Waals surface area contributed by atoms with Gasteiger partial charge in [-0.3, -0.25) is 13.8 Å². The van der Waals surface area contributed by atoms with Crippen LogP contribution in [0.3, 0.4) is 0 Å². The largest absolute Gasteiger partial charge is 0.347 e. The zero-order valence-corrected chi connectivity index (χ0v) is 13.9. The molecule has 0 unspecified atom stereocenters. The zero-order chi connectivity index (χ0) is 15.3. The van der Waals surface area contributed by atoms with Gasteiger partial charge < -0.3 is 10.2 Å². The number of thiophene rings is 1. The minimum absolute atomic E-state index is 0.124. The lowest BCUT2D eigenvalue weighted by Gasteiger charge is -2.17. The number of likely N-dealkylation sites (N-methyl/N-ethyl adjacent to an activating group) is 1. The first-order valence-corrected chi connectivity index (χ1v) is 8.57. The van der Waals surface area contributed by atoms with Gasteiger partial charge in [-0.2, -0.15) is 0 Å². The lowest BCUT2D eigenvalue weighted by atomic mass is 10.3. The standard InChI is InChI=1S/C12H17ClN2O3S2/c1-8(12(17)15(2)3)14-11(16)7-20(18)6-9-4-5-10(13)19-9/h4-5,8H,6-7H2,1-3H3,(H,14,16)/t8-,20-/m1/s1. The highest BCUT2D eigenvalue weighted by Crippen LogP contribution is 2.22. The van der Waals surface area contributed by atoms with Gasteiger partial charge in [-0.25, -0.2) is 0 Å². The lowest BCUT2D eigenvalue weighted by Crippen LogP contribution is -2.45. The molecule has 2 atom stereocenters. The molecule has 0 aliphatic rings. The van der Waals surface area contributed by atoms with Crippen LogP contribution >= 0.6 is 22.9 Å². The third-order valence-corrected chi connectivity index (χ3v) is 5.04. The van der Waals surface area contributed by atoms with Crippen molar-refractivity contribution in [3.63, 3.8) is 0 Å². The fourth-order valence-electron chi connectivity index (χ4n) is 1.52. The van der Waals surface area contributed by atoms with Crippen LogP contribution in [0, 0.1) is 0 Å². The van der Waals surface area contributed by atoms with E-state index in [1.807, 2.05) is 0 Å². The van der Waals surface area contributed by atoms with Crippen LogP contribution < -0.4 is 5.32 Å². The van der Waals surface area contributed by atoms with E-state index < -0.39 is 22.7 Å². The number of nitrogens with one attached hydrogen (secondary N) is 1. The van der Waals surface area contributed by atoms with Gasteiger partial charge in [0.05, 0.1) is 10.1 Å². The zero-order valence-electron chi connectivity index (χ0n) is 11.5. The maximum Gasteiger partial charge on any atom is 0.244 e. The first-order valence-electron chi connectivity index (χ1n) is 5.89. The summed E-state index contributed by atoms with van der Waals surface area (Å²) in [5.41, 5.74) is 0. The topological polar surface area (TPSA) is 66.5 Å². The van der Waals surface area contributed by atoms with Crippen LogP contribution in [0.2, 0.25) is 4.34 Å². The number of hydrogen-bond acceptors (Lipinski definition) is 4. The van der Waals surface area contributed by atoms with Crippen molar-refractivity contribution in [2.45, 2.75) is 18.7 Å². The van der Waals surface area contributed by atoms with E-state index in [2.05, 4.69) is 5.32 Å². The Bertz CT molecular complexity index is 517. The molecule has 0 aromatic carbocycles. The van der Waals surface area contributed by atoms with Gasteiger partial charge in [0.15, 0.2) is 0 Å². The number of nitrogens with zero attached hydrogens (tertiary/aromatic N) is 1. The highest BCUT2D eigenvalue weighted by Gasteiger charge is 2.18. The molecular formula is C12H17ClN2O3S2. The Hall–Kier alpha value is -0.920. The van der Waals surface area contributed by atoms with Gasteiger partial charge in [0, 0.05) is 29.8 Å². The number of rotatable bonds is 6. The number of carbonyl (C=O) groups excluding carboxylic acids is 2. The fraction of sp³-hybridized carbons (Fsp3) is 0.500. The van der Waals surface area contributed by atoms with E-state index in [0.717, 1.165) is 4.88 Å². The van der Waals surface area contributed by atoms with Crippen molar-refractivity contribution in [1.29, 1.82) is 0 Å². The summed E-state index contributed by atoms with van der Waals surface area (Å²) in [4.78, 5) is 25.5. The van der Waals surface area contributed by atoms with Crippen LogP contribution in [0.25, 0.3) is 0 Å². The molecule has 1 N–H and O–H groups in total. The molecule has 0 saturated heterocycles. The van der Waals surface area contributed by atoms with E-state index in [9.17, 15) is 13.8 Å². The molecule has 5 nitrogen and oxygen atoms in total. The van der Waals surface area contributed by atoms with E-state index in [1.165, 1.54) is 16.2 Å². The van der Waals surface area contributed by atoms with Crippen LogP contribution in [-0.4, -0.2) is 46.8 Å². The average molecular weight is 337 g/mol. The van der Waals surface area contributed by atoms with Gasteiger partial charge in [-0.15, -0.1) is 11.3 Å². The molecule has 0 radical (unpaired) electrons. The maximum absolute atomic E-state index is 11.8. The molecule has 112 valence electrons. The third kappa shape index (κ3) is 5.60. The summed E-state index contributed by atoms with van der Waals surface area (Å²) in [5.74, 6) is -0.427. The quantitative estimate of drug-likeness (QED) is 0.850. The summed E-state index contributed by atoms with van der Waals surface area (Å²) in [6, 6.07) is 2.91. The first-order chi connectivity index (χ1) is 9.29. The van der Waals surface area contributed by atoms with E-state index >= 15 is 0 Å². The molecule has 1 heterocycles. The summed E-state index contributed by atoms with van der Waals surface area (Å²) in [5, 5.41) is 2.54. The van der Waals surface area contributed by atoms with E-state index in [4.69, 9.17) is 11.6 Å². The Balaban J connectivity index is 2.42. The maximum atomic E-state index is 11.8. The fourth-order valence-corrected chi connectivity index (χ4v) is 3.92. The summed E-state index contributed by atoms with van der Waals surface area (Å²) in [6.07, 6.45) is 0. The lowest BCUT2D eigenvalue weighted by molar-refractivity contribution is -0.133. The van der Waals surface area contributed by atoms with Gasteiger partial charge in [-0.05, 0) is 19.1 Å². The molecule has 0 aliphatic carbocycles. The minimum atomic E-state index is -1.31. The van der Waals surface area contributed by atoms with Crippen LogP contribution in [0.4, 0.5) is 0 Å². The molecule has 1 aromatic rings. The van der Waals surface area contributed by atoms with Gasteiger partial charge >= 0.3 is 0 Å². The Morgan fingerprint density at radius 1 is 1.45 bits per heavy atom. The molecule has 1 aromatic heterocycles. The summed E-state index contributed by atoms with van der Waals surface area (Å²) >= 11 is 7.13. The van der Waals surface area contributed by atoms with Gasteiger partial charge in [0.2, 0.25) is 11.8 Å². The Kier molecular flexibility index (Phi) is 6.64. The molecule has 0 bridgehead atoms. The second kappa shape index (κ2) is 7.75. The highest BCUT2D eigenvalue weighted by atomic mass is 35.5. The monoisotopic (exact) mass is 336 g/mol. The van der Waals surface area contributed by atoms with Crippen LogP contribution in [0.1, 0.15) is 11.8 Å². The second-order valence-corrected chi connectivity index (χ2v) is 7.71. The van der Waals surface area contributed by atoms with E-state index in [1.54, 1.807) is 33.2 Å². The van der Waals surface area contributed by atoms with Gasteiger partial charge in [-0.1, -0.05) is 11.6 Å². The Morgan fingerprint density at radius 2 is 2.10 bits per heavy atom. The molecule has 8 heteroatoms. The van der Waals surface area contributed by atoms with E-state index in [0.29, 0.717) is 10.1 Å². The number of hydrogen-bond donors (Lipinski definition) is 1. The molecule has 20 heavy (non-hydrogen) atoms. The predicted molar refractivity (Wildman–Crippen MR) is 82.3 cm³/mol. The molecule has 0 aliphatic heterocycles. The smallest absolute Gasteiger partial charge is 0.244 e. The van der Waals surface area contributed by atoms with Crippen LogP contribution in [-0.2, 0) is 26.1 Å².